The number of nitrogens with one attached hydrogen (secondary N) is 1. The van der Waals surface area contributed by atoms with Crippen LogP contribution in [0.4, 0.5) is 0 Å². The highest BCUT2D eigenvalue weighted by atomic mass is 32.2. The number of thioether (sulfide) groups is 1. The number of nitrogens with zero attached hydrogens (tertiary/aromatic N) is 2. The molecule has 140 valence electrons. The molecule has 2 aromatic rings. The maximum atomic E-state index is 13.2. The van der Waals surface area contributed by atoms with E-state index in [1.165, 1.54) is 40.9 Å². The lowest BCUT2D eigenvalue weighted by molar-refractivity contribution is 0.0554. The Balaban J connectivity index is 1.50. The smallest absolute Gasteiger partial charge is 0.270 e. The molecular formula is C21H29N3OS. The van der Waals surface area contributed by atoms with E-state index in [9.17, 15) is 4.79 Å². The average molecular weight is 372 g/mol. The van der Waals surface area contributed by atoms with Crippen LogP contribution >= 0.6 is 11.8 Å². The summed E-state index contributed by atoms with van der Waals surface area (Å²) in [6, 6.07) is 5.01. The van der Waals surface area contributed by atoms with E-state index >= 15 is 0 Å². The van der Waals surface area contributed by atoms with Gasteiger partial charge in [-0.05, 0) is 61.8 Å². The number of benzene rings is 1. The zero-order valence-corrected chi connectivity index (χ0v) is 16.9. The average Bonchev–Trinajstić information content (AvgIpc) is 3.04. The molecule has 0 unspecified atom stereocenters. The summed E-state index contributed by atoms with van der Waals surface area (Å²) in [5.74, 6) is 2.74. The standard InChI is InChI=1S/C21H29N3OS/c1-14-4-5-15(2)19-18(14)16(3)20(22-19)21(25)24-10-8-23(9-11-24)17-6-12-26-13-7-17/h4-5,17,22H,6-13H2,1-3H3. The zero-order chi connectivity index (χ0) is 18.3. The van der Waals surface area contributed by atoms with Crippen LogP contribution < -0.4 is 0 Å². The second-order valence-electron chi connectivity index (χ2n) is 7.75. The Morgan fingerprint density at radius 3 is 2.35 bits per heavy atom. The van der Waals surface area contributed by atoms with Crippen molar-refractivity contribution in [3.8, 4) is 0 Å². The van der Waals surface area contributed by atoms with Crippen LogP contribution in [0.5, 0.6) is 0 Å². The van der Waals surface area contributed by atoms with Gasteiger partial charge < -0.3 is 9.88 Å². The van der Waals surface area contributed by atoms with Gasteiger partial charge in [-0.15, -0.1) is 0 Å². The zero-order valence-electron chi connectivity index (χ0n) is 16.1. The number of carbonyl (C=O) groups is 1. The molecule has 2 aliphatic heterocycles. The van der Waals surface area contributed by atoms with Crippen molar-refractivity contribution in [3.05, 3.63) is 34.5 Å². The number of rotatable bonds is 2. The van der Waals surface area contributed by atoms with Crippen LogP contribution in [0.2, 0.25) is 0 Å². The summed E-state index contributed by atoms with van der Waals surface area (Å²) in [4.78, 5) is 21.3. The fourth-order valence-electron chi connectivity index (χ4n) is 4.51. The molecule has 2 aliphatic rings. The van der Waals surface area contributed by atoms with Crippen molar-refractivity contribution < 1.29 is 4.79 Å². The Labute approximate surface area is 160 Å². The van der Waals surface area contributed by atoms with E-state index in [4.69, 9.17) is 0 Å². The Hall–Kier alpha value is -1.46. The summed E-state index contributed by atoms with van der Waals surface area (Å²) in [6.45, 7) is 10.0. The molecule has 2 saturated heterocycles. The van der Waals surface area contributed by atoms with E-state index in [2.05, 4.69) is 54.5 Å². The molecule has 0 saturated carbocycles. The fraction of sp³-hybridized carbons (Fsp3) is 0.571. The third-order valence-corrected chi connectivity index (χ3v) is 7.19. The SMILES string of the molecule is Cc1ccc(C)c2c(C)c(C(=O)N3CCN(C4CCSCC4)CC3)[nH]c12. The maximum absolute atomic E-state index is 13.2. The first kappa shape index (κ1) is 17.9. The maximum Gasteiger partial charge on any atom is 0.270 e. The van der Waals surface area contributed by atoms with Gasteiger partial charge in [0.15, 0.2) is 0 Å². The predicted octanol–water partition coefficient (Wildman–Crippen LogP) is 3.75. The number of hydrogen-bond acceptors (Lipinski definition) is 3. The van der Waals surface area contributed by atoms with Gasteiger partial charge in [0.1, 0.15) is 5.69 Å². The minimum atomic E-state index is 0.163. The summed E-state index contributed by atoms with van der Waals surface area (Å²) < 4.78 is 0. The van der Waals surface area contributed by atoms with Crippen molar-refractivity contribution in [2.45, 2.75) is 39.7 Å². The highest BCUT2D eigenvalue weighted by Crippen LogP contribution is 2.29. The summed E-state index contributed by atoms with van der Waals surface area (Å²) in [5.41, 5.74) is 5.42. The van der Waals surface area contributed by atoms with Crippen LogP contribution in [0.15, 0.2) is 12.1 Å². The molecule has 26 heavy (non-hydrogen) atoms. The number of piperazine rings is 1. The molecular weight excluding hydrogens is 342 g/mol. The summed E-state index contributed by atoms with van der Waals surface area (Å²) in [7, 11) is 0. The largest absolute Gasteiger partial charge is 0.350 e. The first-order valence-electron chi connectivity index (χ1n) is 9.76. The van der Waals surface area contributed by atoms with Gasteiger partial charge >= 0.3 is 0 Å². The quantitative estimate of drug-likeness (QED) is 0.874. The Kier molecular flexibility index (Phi) is 5.02. The normalized spacial score (nSPS) is 20.0. The summed E-state index contributed by atoms with van der Waals surface area (Å²) in [5, 5.41) is 1.21. The Morgan fingerprint density at radius 2 is 1.69 bits per heavy atom. The third kappa shape index (κ3) is 3.16. The second kappa shape index (κ2) is 7.28. The first-order chi connectivity index (χ1) is 12.6. The Bertz CT molecular complexity index is 814. The molecule has 1 aromatic carbocycles. The van der Waals surface area contributed by atoms with E-state index in [0.29, 0.717) is 0 Å². The molecule has 0 bridgehead atoms. The lowest BCUT2D eigenvalue weighted by atomic mass is 10.0. The van der Waals surface area contributed by atoms with Crippen molar-refractivity contribution in [1.82, 2.24) is 14.8 Å². The van der Waals surface area contributed by atoms with E-state index < -0.39 is 0 Å². The highest BCUT2D eigenvalue weighted by Gasteiger charge is 2.29. The monoisotopic (exact) mass is 371 g/mol. The number of hydrogen-bond donors (Lipinski definition) is 1. The van der Waals surface area contributed by atoms with Crippen molar-refractivity contribution in [2.75, 3.05) is 37.7 Å². The van der Waals surface area contributed by atoms with Crippen LogP contribution in [0.3, 0.4) is 0 Å². The molecule has 2 fully saturated rings. The molecule has 0 spiro atoms. The molecule has 4 nitrogen and oxygen atoms in total. The van der Waals surface area contributed by atoms with Crippen LogP contribution in [0.1, 0.15) is 40.0 Å². The number of aryl methyl sites for hydroxylation is 3. The van der Waals surface area contributed by atoms with Gasteiger partial charge in [-0.1, -0.05) is 12.1 Å². The molecule has 5 heteroatoms. The van der Waals surface area contributed by atoms with Crippen molar-refractivity contribution in [2.24, 2.45) is 0 Å². The molecule has 1 amide bonds. The molecule has 4 rings (SSSR count). The molecule has 1 aromatic heterocycles. The minimum Gasteiger partial charge on any atom is -0.350 e. The van der Waals surface area contributed by atoms with Crippen LogP contribution in [0.25, 0.3) is 10.9 Å². The highest BCUT2D eigenvalue weighted by molar-refractivity contribution is 7.99. The number of carbonyl (C=O) groups excluding carboxylic acids is 1. The van der Waals surface area contributed by atoms with Crippen molar-refractivity contribution in [3.63, 3.8) is 0 Å². The molecule has 0 atom stereocenters. The van der Waals surface area contributed by atoms with Crippen molar-refractivity contribution in [1.29, 1.82) is 0 Å². The second-order valence-corrected chi connectivity index (χ2v) is 8.97. The summed E-state index contributed by atoms with van der Waals surface area (Å²) in [6.07, 6.45) is 2.61. The predicted molar refractivity (Wildman–Crippen MR) is 110 cm³/mol. The van der Waals surface area contributed by atoms with E-state index in [1.807, 2.05) is 4.90 Å². The summed E-state index contributed by atoms with van der Waals surface area (Å²) >= 11 is 2.08. The van der Waals surface area contributed by atoms with E-state index in [-0.39, 0.29) is 5.91 Å². The van der Waals surface area contributed by atoms with Gasteiger partial charge in [0.25, 0.3) is 5.91 Å². The van der Waals surface area contributed by atoms with Gasteiger partial charge in [-0.2, -0.15) is 11.8 Å². The minimum absolute atomic E-state index is 0.163. The van der Waals surface area contributed by atoms with Crippen molar-refractivity contribution >= 4 is 28.6 Å². The van der Waals surface area contributed by atoms with E-state index in [0.717, 1.165) is 49.0 Å². The topological polar surface area (TPSA) is 39.3 Å². The number of H-pyrrole nitrogens is 1. The molecule has 0 radical (unpaired) electrons. The van der Waals surface area contributed by atoms with Crippen LogP contribution in [0, 0.1) is 20.8 Å². The Morgan fingerprint density at radius 1 is 1.04 bits per heavy atom. The van der Waals surface area contributed by atoms with Gasteiger partial charge in [0.05, 0.1) is 0 Å². The van der Waals surface area contributed by atoms with Gasteiger partial charge in [0, 0.05) is 43.1 Å². The van der Waals surface area contributed by atoms with Crippen LogP contribution in [-0.2, 0) is 0 Å². The van der Waals surface area contributed by atoms with Gasteiger partial charge in [-0.3, -0.25) is 9.69 Å². The molecule has 3 heterocycles. The number of amides is 1. The third-order valence-electron chi connectivity index (χ3n) is 6.14. The first-order valence-corrected chi connectivity index (χ1v) is 10.9. The lowest BCUT2D eigenvalue weighted by Gasteiger charge is -2.40. The van der Waals surface area contributed by atoms with E-state index in [1.54, 1.807) is 0 Å². The van der Waals surface area contributed by atoms with Gasteiger partial charge in [0.2, 0.25) is 0 Å². The molecule has 0 aliphatic carbocycles. The number of aromatic nitrogens is 1. The lowest BCUT2D eigenvalue weighted by Crippen LogP contribution is -2.52. The fourth-order valence-corrected chi connectivity index (χ4v) is 5.59. The number of aromatic amines is 1. The van der Waals surface area contributed by atoms with Crippen LogP contribution in [-0.4, -0.2) is 64.4 Å². The number of fused-ring (bicyclic) bond motifs is 1. The van der Waals surface area contributed by atoms with Gasteiger partial charge in [-0.25, -0.2) is 0 Å². The molecule has 1 N–H and O–H groups in total.